The van der Waals surface area contributed by atoms with Crippen LogP contribution < -0.4 is 9.80 Å². The second-order valence-electron chi connectivity index (χ2n) is 10.9. The van der Waals surface area contributed by atoms with E-state index in [0.717, 1.165) is 18.8 Å². The van der Waals surface area contributed by atoms with Crippen molar-refractivity contribution in [2.45, 2.75) is 55.8 Å². The minimum absolute atomic E-state index is 0.205. The second kappa shape index (κ2) is 12.0. The van der Waals surface area contributed by atoms with Crippen LogP contribution in [0.3, 0.4) is 0 Å². The van der Waals surface area contributed by atoms with Crippen LogP contribution in [0.25, 0.3) is 0 Å². The maximum Gasteiger partial charge on any atom is 0.253 e. The Morgan fingerprint density at radius 3 is 2.30 bits per heavy atom. The molecule has 1 aromatic carbocycles. The van der Waals surface area contributed by atoms with Crippen LogP contribution in [0.5, 0.6) is 0 Å². The summed E-state index contributed by atoms with van der Waals surface area (Å²) in [6.07, 6.45) is 3.14. The Morgan fingerprint density at radius 1 is 1.15 bits per heavy atom. The number of ether oxygens (including phenoxy) is 1. The maximum atomic E-state index is 14.6. The van der Waals surface area contributed by atoms with Gasteiger partial charge in [0.25, 0.3) is 5.91 Å². The molecule has 2 bridgehead atoms. The molecule has 0 aromatic heterocycles. The zero-order valence-corrected chi connectivity index (χ0v) is 25.4. The van der Waals surface area contributed by atoms with Gasteiger partial charge in [-0.25, -0.2) is 0 Å². The Hall–Kier alpha value is -2.69. The Morgan fingerprint density at radius 2 is 1.75 bits per heavy atom. The molecule has 3 heterocycles. The lowest BCUT2D eigenvalue weighted by atomic mass is 9.70. The van der Waals surface area contributed by atoms with Crippen LogP contribution in [0, 0.1) is 11.8 Å². The van der Waals surface area contributed by atoms with Crippen LogP contribution in [-0.2, 0) is 19.1 Å². The fourth-order valence-electron chi connectivity index (χ4n) is 6.76. The fraction of sp³-hybridized carbons (Fsp3) is 0.567. The van der Waals surface area contributed by atoms with Gasteiger partial charge in [0.2, 0.25) is 11.8 Å². The van der Waals surface area contributed by atoms with E-state index in [-0.39, 0.29) is 35.7 Å². The lowest BCUT2D eigenvalue weighted by Gasteiger charge is -2.38. The van der Waals surface area contributed by atoms with Crippen molar-refractivity contribution in [2.24, 2.45) is 11.8 Å². The lowest BCUT2D eigenvalue weighted by Crippen LogP contribution is -2.58. The molecule has 3 amide bonds. The molecule has 40 heavy (non-hydrogen) atoms. The number of benzene rings is 1. The first-order valence-electron chi connectivity index (χ1n) is 14.0. The van der Waals surface area contributed by atoms with Gasteiger partial charge in [-0.15, -0.1) is 13.2 Å². The number of carbonyl (C=O) groups excluding carboxylic acids is 3. The van der Waals surface area contributed by atoms with Crippen molar-refractivity contribution in [3.63, 3.8) is 0 Å². The van der Waals surface area contributed by atoms with Gasteiger partial charge < -0.3 is 29.4 Å². The monoisotopic (exact) mass is 616 g/mol. The molecular weight excluding hydrogens is 576 g/mol. The quantitative estimate of drug-likeness (QED) is 0.287. The molecule has 7 atom stereocenters. The van der Waals surface area contributed by atoms with E-state index < -0.39 is 35.6 Å². The minimum atomic E-state index is -1.20. The normalized spacial score (nSPS) is 29.2. The molecule has 1 N–H and O–H groups in total. The van der Waals surface area contributed by atoms with Crippen LogP contribution in [-0.4, -0.2) is 101 Å². The number of nitrogens with zero attached hydrogens (tertiary/aromatic N) is 4. The van der Waals surface area contributed by atoms with E-state index in [0.29, 0.717) is 18.7 Å². The van der Waals surface area contributed by atoms with Crippen molar-refractivity contribution >= 4 is 45.0 Å². The highest BCUT2D eigenvalue weighted by atomic mass is 79.9. The Balaban J connectivity index is 1.77. The number of likely N-dealkylation sites (tertiary alicyclic amines) is 1. The molecule has 3 saturated heterocycles. The van der Waals surface area contributed by atoms with Gasteiger partial charge in [0.15, 0.2) is 0 Å². The summed E-state index contributed by atoms with van der Waals surface area (Å²) in [5.41, 5.74) is 0.521. The molecule has 3 unspecified atom stereocenters. The van der Waals surface area contributed by atoms with Crippen molar-refractivity contribution in [1.82, 2.24) is 9.80 Å². The van der Waals surface area contributed by atoms with E-state index in [4.69, 9.17) is 4.74 Å². The first-order valence-corrected chi connectivity index (χ1v) is 14.9. The van der Waals surface area contributed by atoms with Crippen LogP contribution in [0.2, 0.25) is 0 Å². The summed E-state index contributed by atoms with van der Waals surface area (Å²) in [5.74, 6) is -2.44. The molecule has 10 heteroatoms. The Labute approximate surface area is 245 Å². The van der Waals surface area contributed by atoms with E-state index in [1.165, 1.54) is 4.90 Å². The Kier molecular flexibility index (Phi) is 9.11. The number of carbonyl (C=O) groups is 3. The van der Waals surface area contributed by atoms with Crippen molar-refractivity contribution in [3.05, 3.63) is 49.6 Å². The molecule has 0 aliphatic carbocycles. The van der Waals surface area contributed by atoms with Crippen molar-refractivity contribution < 1.29 is 24.2 Å². The summed E-state index contributed by atoms with van der Waals surface area (Å²) in [5, 5.41) is 10.1. The van der Waals surface area contributed by atoms with E-state index in [9.17, 15) is 19.5 Å². The fourth-order valence-corrected chi connectivity index (χ4v) is 7.70. The number of likely N-dealkylation sites (N-methyl/N-ethyl adjacent to an activating group) is 1. The van der Waals surface area contributed by atoms with Gasteiger partial charge in [-0.1, -0.05) is 28.1 Å². The second-order valence-corrected chi connectivity index (χ2v) is 12.1. The number of hydrogen-bond donors (Lipinski definition) is 1. The van der Waals surface area contributed by atoms with Gasteiger partial charge in [-0.3, -0.25) is 14.4 Å². The van der Waals surface area contributed by atoms with Crippen molar-refractivity contribution in [3.8, 4) is 0 Å². The number of aliphatic hydroxyl groups excluding tert-OH is 1. The zero-order valence-electron chi connectivity index (χ0n) is 23.8. The molecule has 1 aromatic rings. The molecular formula is C30H41BrN4O5. The number of rotatable bonds is 12. The summed E-state index contributed by atoms with van der Waals surface area (Å²) in [6, 6.07) is 6.11. The maximum absolute atomic E-state index is 14.6. The summed E-state index contributed by atoms with van der Waals surface area (Å²) >= 11 is 3.70. The number of amides is 3. The van der Waals surface area contributed by atoms with E-state index in [2.05, 4.69) is 47.8 Å². The summed E-state index contributed by atoms with van der Waals surface area (Å²) < 4.78 is 6.59. The van der Waals surface area contributed by atoms with Gasteiger partial charge in [-0.2, -0.15) is 0 Å². The standard InChI is InChI=1S/C30H41BrN4O5/c1-7-15-32(6)27(37)23-24-28(38)35(19(5)18-36)26(30(24)17-22(31)25(23)40-30)29(39)34(16-8-2)21-13-11-20(12-14-21)33(9-3)10-4/h7-8,11-14,19,22-26,36H,1-2,9-10,15-18H2,3-6H3/t19-,22?,23-,24+,25-,26?,30?/m1/s1. The number of anilines is 2. The van der Waals surface area contributed by atoms with Crippen LogP contribution in [0.15, 0.2) is 49.6 Å². The summed E-state index contributed by atoms with van der Waals surface area (Å²) in [4.78, 5) is 48.9. The highest BCUT2D eigenvalue weighted by Gasteiger charge is 2.77. The third kappa shape index (κ3) is 4.77. The van der Waals surface area contributed by atoms with E-state index in [1.54, 1.807) is 35.9 Å². The van der Waals surface area contributed by atoms with Crippen LogP contribution in [0.4, 0.5) is 11.4 Å². The zero-order chi connectivity index (χ0) is 29.4. The molecule has 3 aliphatic rings. The minimum Gasteiger partial charge on any atom is -0.394 e. The molecule has 3 aliphatic heterocycles. The molecule has 0 radical (unpaired) electrons. The Bertz CT molecular complexity index is 1140. The van der Waals surface area contributed by atoms with Crippen LogP contribution in [0.1, 0.15) is 27.2 Å². The number of halogens is 1. The molecule has 3 fully saturated rings. The van der Waals surface area contributed by atoms with Gasteiger partial charge in [0.1, 0.15) is 11.6 Å². The largest absolute Gasteiger partial charge is 0.394 e. The number of hydrogen-bond acceptors (Lipinski definition) is 6. The van der Waals surface area contributed by atoms with Gasteiger partial charge in [0.05, 0.1) is 30.6 Å². The summed E-state index contributed by atoms with van der Waals surface area (Å²) in [6.45, 7) is 15.5. The molecule has 9 nitrogen and oxygen atoms in total. The first kappa shape index (κ1) is 30.3. The number of fused-ring (bicyclic) bond motifs is 1. The average molecular weight is 618 g/mol. The third-order valence-electron chi connectivity index (χ3n) is 8.63. The predicted molar refractivity (Wildman–Crippen MR) is 159 cm³/mol. The molecule has 4 rings (SSSR count). The number of aliphatic hydroxyl groups is 1. The predicted octanol–water partition coefficient (Wildman–Crippen LogP) is 2.83. The van der Waals surface area contributed by atoms with Crippen molar-refractivity contribution in [1.29, 1.82) is 0 Å². The lowest BCUT2D eigenvalue weighted by molar-refractivity contribution is -0.146. The molecule has 218 valence electrons. The summed E-state index contributed by atoms with van der Waals surface area (Å²) in [7, 11) is 1.68. The topological polar surface area (TPSA) is 93.6 Å². The van der Waals surface area contributed by atoms with Gasteiger partial charge >= 0.3 is 0 Å². The SMILES string of the molecule is C=CCN(C)C(=O)[C@H]1[C@@H]2OC3(CC2Br)C(C(=O)N(CC=C)c2ccc(N(CC)CC)cc2)N([C@H](C)CO)C(=O)[C@H]13. The first-order chi connectivity index (χ1) is 19.1. The smallest absolute Gasteiger partial charge is 0.253 e. The van der Waals surface area contributed by atoms with Gasteiger partial charge in [-0.05, 0) is 51.5 Å². The van der Waals surface area contributed by atoms with Gasteiger partial charge in [0, 0.05) is 49.4 Å². The number of alkyl halides is 1. The van der Waals surface area contributed by atoms with E-state index >= 15 is 0 Å². The average Bonchev–Trinajstić information content (AvgIpc) is 3.55. The molecule has 1 spiro atoms. The van der Waals surface area contributed by atoms with Crippen molar-refractivity contribution in [2.75, 3.05) is 49.6 Å². The highest BCUT2D eigenvalue weighted by Crippen LogP contribution is 2.60. The molecule has 0 saturated carbocycles. The third-order valence-corrected chi connectivity index (χ3v) is 9.48. The van der Waals surface area contributed by atoms with Crippen LogP contribution >= 0.6 is 15.9 Å². The highest BCUT2D eigenvalue weighted by molar-refractivity contribution is 9.09. The van der Waals surface area contributed by atoms with E-state index in [1.807, 2.05) is 24.3 Å².